The summed E-state index contributed by atoms with van der Waals surface area (Å²) < 4.78 is 5.78. The van der Waals surface area contributed by atoms with Crippen molar-refractivity contribution in [3.8, 4) is 0 Å². The van der Waals surface area contributed by atoms with E-state index in [1.165, 1.54) is 16.9 Å². The van der Waals surface area contributed by atoms with Crippen LogP contribution in [0.4, 0.5) is 0 Å². The molecule has 1 unspecified atom stereocenters. The van der Waals surface area contributed by atoms with Gasteiger partial charge < -0.3 is 25.7 Å². The molecule has 1 heterocycles. The average Bonchev–Trinajstić information content (AvgIpc) is 3.15. The smallest absolute Gasteiger partial charge is 0.293 e. The van der Waals surface area contributed by atoms with E-state index in [9.17, 15) is 9.90 Å². The van der Waals surface area contributed by atoms with Gasteiger partial charge in [0.2, 0.25) is 0 Å². The fourth-order valence-corrected chi connectivity index (χ4v) is 8.46. The van der Waals surface area contributed by atoms with Crippen molar-refractivity contribution in [3.05, 3.63) is 11.1 Å². The van der Waals surface area contributed by atoms with E-state index in [2.05, 4.69) is 17.2 Å². The largest absolute Gasteiger partial charge is 0.545 e. The molecule has 4 N–H and O–H groups in total. The van der Waals surface area contributed by atoms with Gasteiger partial charge in [0.15, 0.2) is 0 Å². The predicted octanol–water partition coefficient (Wildman–Crippen LogP) is -0.419. The highest BCUT2D eigenvalue weighted by molar-refractivity contribution is 5.88. The van der Waals surface area contributed by atoms with Gasteiger partial charge in [-0.1, -0.05) is 12.5 Å². The highest BCUT2D eigenvalue weighted by atomic mass is 16.5. The van der Waals surface area contributed by atoms with Crippen molar-refractivity contribution in [3.63, 3.8) is 0 Å². The second kappa shape index (κ2) is 8.49. The summed E-state index contributed by atoms with van der Waals surface area (Å²) in [6.07, 6.45) is 5.18. The number of allylic oxidation sites excluding steroid dienone is 1. The van der Waals surface area contributed by atoms with E-state index in [1.807, 2.05) is 14.0 Å². The van der Waals surface area contributed by atoms with Crippen molar-refractivity contribution in [2.75, 3.05) is 46.9 Å². The highest BCUT2D eigenvalue weighted by Crippen LogP contribution is 2.76. The monoisotopic (exact) mass is 432 g/mol. The first kappa shape index (κ1) is 22.7. The number of carboxylic acids is 1. The van der Waals surface area contributed by atoms with Gasteiger partial charge in [-0.05, 0) is 69.5 Å². The Morgan fingerprint density at radius 2 is 2.16 bits per heavy atom. The maximum Gasteiger partial charge on any atom is 0.293 e. The number of piperidine rings is 1. The van der Waals surface area contributed by atoms with Crippen LogP contribution < -0.4 is 21.1 Å². The third-order valence-electron chi connectivity index (χ3n) is 9.46. The Morgan fingerprint density at radius 3 is 2.81 bits per heavy atom. The van der Waals surface area contributed by atoms with E-state index in [1.54, 1.807) is 7.05 Å². The molecule has 7 heteroatoms. The molecule has 2 saturated carbocycles. The van der Waals surface area contributed by atoms with Crippen LogP contribution in [0.1, 0.15) is 46.0 Å². The summed E-state index contributed by atoms with van der Waals surface area (Å²) in [5, 5.41) is 15.9. The fraction of sp³-hybridized carbons (Fsp3) is 0.833. The second-order valence-electron chi connectivity index (χ2n) is 10.3. The van der Waals surface area contributed by atoms with E-state index >= 15 is 0 Å². The van der Waals surface area contributed by atoms with Crippen molar-refractivity contribution < 1.29 is 19.5 Å². The number of nitrogens with two attached hydrogens (primary N) is 1. The zero-order chi connectivity index (χ0) is 22.4. The van der Waals surface area contributed by atoms with Gasteiger partial charge in [-0.3, -0.25) is 4.90 Å². The molecule has 7 nitrogen and oxygen atoms in total. The zero-order valence-electron chi connectivity index (χ0n) is 19.6. The first-order chi connectivity index (χ1) is 14.9. The number of nitrogens with one attached hydrogen (secondary N) is 2. The molecule has 3 fully saturated rings. The van der Waals surface area contributed by atoms with E-state index in [0.717, 1.165) is 45.3 Å². The van der Waals surface area contributed by atoms with Crippen LogP contribution in [0.3, 0.4) is 0 Å². The van der Waals surface area contributed by atoms with Crippen LogP contribution in [0, 0.1) is 34.5 Å². The van der Waals surface area contributed by atoms with E-state index < -0.39 is 5.97 Å². The Balaban J connectivity index is 1.88. The van der Waals surface area contributed by atoms with Crippen molar-refractivity contribution in [2.24, 2.45) is 45.2 Å². The second-order valence-corrected chi connectivity index (χ2v) is 10.3. The molecule has 4 aliphatic rings. The minimum atomic E-state index is -0.980. The van der Waals surface area contributed by atoms with Gasteiger partial charge in [0.1, 0.15) is 0 Å². The molecule has 2 bridgehead atoms. The first-order valence-corrected chi connectivity index (χ1v) is 12.1. The number of nitrogens with zero attached hydrogens (tertiary/aromatic N) is 1. The Hall–Kier alpha value is -1.44. The van der Waals surface area contributed by atoms with Gasteiger partial charge >= 0.3 is 0 Å². The number of hydrogen-bond donors (Lipinski definition) is 3. The predicted molar refractivity (Wildman–Crippen MR) is 118 cm³/mol. The minimum Gasteiger partial charge on any atom is -0.545 e. The lowest BCUT2D eigenvalue weighted by Crippen LogP contribution is -3.19. The summed E-state index contributed by atoms with van der Waals surface area (Å²) in [6.45, 7) is 8.31. The quantitative estimate of drug-likeness (QED) is 0.391. The van der Waals surface area contributed by atoms with Crippen LogP contribution >= 0.6 is 0 Å². The molecule has 0 radical (unpaired) electrons. The SMILES string of the molecule is CCOC[C@H]1C[C@@]23C(=C1C(=O)[O-])C[C@@H](CC[C@H]2C)[C@@]31C[NH+](C(N)=NC)CC[C@@H]1CNC. The number of rotatable bonds is 6. The third-order valence-corrected chi connectivity index (χ3v) is 9.46. The average molecular weight is 433 g/mol. The maximum atomic E-state index is 12.4. The molecule has 3 aliphatic carbocycles. The number of hydrogen-bond acceptors (Lipinski definition) is 5. The molecular weight excluding hydrogens is 392 g/mol. The molecule has 31 heavy (non-hydrogen) atoms. The molecule has 0 aromatic heterocycles. The number of aliphatic imine (C=N–C) groups is 1. The van der Waals surface area contributed by atoms with Gasteiger partial charge in [0.25, 0.3) is 5.96 Å². The molecule has 0 amide bonds. The van der Waals surface area contributed by atoms with Crippen LogP contribution in [-0.2, 0) is 9.53 Å². The van der Waals surface area contributed by atoms with Crippen molar-refractivity contribution >= 4 is 11.9 Å². The summed E-state index contributed by atoms with van der Waals surface area (Å²) in [5.74, 6) is 1.08. The zero-order valence-corrected chi connectivity index (χ0v) is 19.6. The maximum absolute atomic E-state index is 12.4. The van der Waals surface area contributed by atoms with E-state index in [-0.39, 0.29) is 16.7 Å². The van der Waals surface area contributed by atoms with Crippen molar-refractivity contribution in [1.82, 2.24) is 5.32 Å². The number of likely N-dealkylation sites (tertiary alicyclic amines) is 1. The van der Waals surface area contributed by atoms with Gasteiger partial charge in [-0.2, -0.15) is 0 Å². The number of carbonyl (C=O) groups is 1. The summed E-state index contributed by atoms with van der Waals surface area (Å²) in [5.41, 5.74) is 8.06. The highest BCUT2D eigenvalue weighted by Gasteiger charge is 2.73. The summed E-state index contributed by atoms with van der Waals surface area (Å²) >= 11 is 0. The summed E-state index contributed by atoms with van der Waals surface area (Å²) in [4.78, 5) is 18.0. The Morgan fingerprint density at radius 1 is 1.39 bits per heavy atom. The lowest BCUT2D eigenvalue weighted by atomic mass is 9.45. The molecule has 0 aromatic rings. The molecule has 7 atom stereocenters. The number of aliphatic carboxylic acids is 1. The molecule has 0 aromatic carbocycles. The third kappa shape index (κ3) is 3.10. The fourth-order valence-electron chi connectivity index (χ4n) is 8.46. The first-order valence-electron chi connectivity index (χ1n) is 12.1. The molecule has 1 saturated heterocycles. The topological polar surface area (TPSA) is 104 Å². The normalized spacial score (nSPS) is 42.3. The molecular formula is C24H40N4O3. The number of carbonyl (C=O) groups excluding carboxylic acids is 1. The molecule has 174 valence electrons. The summed E-state index contributed by atoms with van der Waals surface area (Å²) in [6, 6.07) is 0. The van der Waals surface area contributed by atoms with Gasteiger partial charge in [-0.25, -0.2) is 4.99 Å². The minimum absolute atomic E-state index is 0.0353. The van der Waals surface area contributed by atoms with Crippen LogP contribution in [0.5, 0.6) is 0 Å². The lowest BCUT2D eigenvalue weighted by molar-refractivity contribution is -0.828. The Labute approximate surface area is 186 Å². The number of guanidine groups is 1. The molecule has 2 spiro atoms. The van der Waals surface area contributed by atoms with Gasteiger partial charge in [-0.15, -0.1) is 0 Å². The number of ether oxygens (including phenoxy) is 1. The standard InChI is InChI=1S/C24H40N4O3/c1-5-31-13-16-11-23-15(2)6-7-17(10-19(23)20(16)21(29)30)24(23)14-28(22(25)27-4)9-8-18(24)12-26-3/h15-18,26H,5-14H2,1-4H3,(H2,25,27)(H,29,30)/t15-,16-,17-,18-,23+,24-/m1/s1. The van der Waals surface area contributed by atoms with E-state index in [4.69, 9.17) is 10.5 Å². The lowest BCUT2D eigenvalue weighted by Gasteiger charge is -2.60. The van der Waals surface area contributed by atoms with Crippen LogP contribution in [0.2, 0.25) is 0 Å². The Bertz CT molecular complexity index is 781. The number of carboxylic acid groups (broad SMARTS) is 1. The summed E-state index contributed by atoms with van der Waals surface area (Å²) in [7, 11) is 3.81. The van der Waals surface area contributed by atoms with Gasteiger partial charge in [0, 0.05) is 36.8 Å². The molecule has 1 aliphatic heterocycles. The van der Waals surface area contributed by atoms with Crippen molar-refractivity contribution in [2.45, 2.75) is 46.0 Å². The van der Waals surface area contributed by atoms with Crippen molar-refractivity contribution in [1.29, 1.82) is 0 Å². The van der Waals surface area contributed by atoms with Crippen LogP contribution in [0.15, 0.2) is 16.1 Å². The van der Waals surface area contributed by atoms with Gasteiger partial charge in [0.05, 0.1) is 25.7 Å². The molecule has 4 rings (SSSR count). The Kier molecular flexibility index (Phi) is 6.23. The van der Waals surface area contributed by atoms with Crippen LogP contribution in [-0.4, -0.2) is 58.9 Å². The number of quaternary nitrogens is 1. The van der Waals surface area contributed by atoms with E-state index in [0.29, 0.717) is 42.5 Å². The van der Waals surface area contributed by atoms with Crippen LogP contribution in [0.25, 0.3) is 0 Å².